The smallest absolute Gasteiger partial charge is 0.316 e. The second-order valence-electron chi connectivity index (χ2n) is 6.04. The van der Waals surface area contributed by atoms with E-state index in [0.29, 0.717) is 31.7 Å². The first-order chi connectivity index (χ1) is 12.4. The van der Waals surface area contributed by atoms with Crippen molar-refractivity contribution in [3.05, 3.63) is 42.0 Å². The van der Waals surface area contributed by atoms with Gasteiger partial charge in [0.25, 0.3) is 0 Å². The number of hydrogen-bond acceptors (Lipinski definition) is 6. The van der Waals surface area contributed by atoms with Gasteiger partial charge in [-0.2, -0.15) is 4.31 Å². The van der Waals surface area contributed by atoms with Crippen molar-refractivity contribution in [3.8, 4) is 11.8 Å². The van der Waals surface area contributed by atoms with Gasteiger partial charge in [-0.05, 0) is 43.5 Å². The molecule has 1 fully saturated rings. The van der Waals surface area contributed by atoms with Crippen LogP contribution in [0.4, 0.5) is 4.39 Å². The number of nitrogens with zero attached hydrogens (tertiary/aromatic N) is 3. The summed E-state index contributed by atoms with van der Waals surface area (Å²) in [7, 11) is -2.02. The van der Waals surface area contributed by atoms with Gasteiger partial charge in [0.1, 0.15) is 11.9 Å². The molecule has 26 heavy (non-hydrogen) atoms. The molecule has 0 aliphatic carbocycles. The van der Waals surface area contributed by atoms with Crippen molar-refractivity contribution in [1.82, 2.24) is 14.3 Å². The van der Waals surface area contributed by atoms with Gasteiger partial charge in [0.2, 0.25) is 10.0 Å². The van der Waals surface area contributed by atoms with Crippen LogP contribution < -0.4 is 9.47 Å². The van der Waals surface area contributed by atoms with Crippen LogP contribution in [0.15, 0.2) is 35.5 Å². The summed E-state index contributed by atoms with van der Waals surface area (Å²) in [5, 5.41) is 0. The lowest BCUT2D eigenvalue weighted by atomic mass is 10.1. The molecule has 0 radical (unpaired) electrons. The molecule has 1 aromatic heterocycles. The second kappa shape index (κ2) is 7.55. The summed E-state index contributed by atoms with van der Waals surface area (Å²) in [6, 6.07) is 4.92. The van der Waals surface area contributed by atoms with Gasteiger partial charge in [0, 0.05) is 13.1 Å². The summed E-state index contributed by atoms with van der Waals surface area (Å²) >= 11 is 0. The number of hydrogen-bond donors (Lipinski definition) is 0. The molecule has 0 N–H and O–H groups in total. The summed E-state index contributed by atoms with van der Waals surface area (Å²) in [6.45, 7) is 2.47. The van der Waals surface area contributed by atoms with Crippen molar-refractivity contribution in [2.24, 2.45) is 0 Å². The van der Waals surface area contributed by atoms with Gasteiger partial charge in [0.15, 0.2) is 5.82 Å². The summed E-state index contributed by atoms with van der Waals surface area (Å²) in [5.74, 6) is 0.114. The Morgan fingerprint density at radius 1 is 1.19 bits per heavy atom. The van der Waals surface area contributed by atoms with Crippen LogP contribution in [0.25, 0.3) is 0 Å². The number of sulfonamides is 1. The maximum absolute atomic E-state index is 12.8. The zero-order valence-electron chi connectivity index (χ0n) is 14.6. The van der Waals surface area contributed by atoms with E-state index >= 15 is 0 Å². The zero-order chi connectivity index (χ0) is 18.7. The molecule has 0 unspecified atom stereocenters. The molecular formula is C17H20FN3O4S. The van der Waals surface area contributed by atoms with E-state index < -0.39 is 15.8 Å². The Morgan fingerprint density at radius 3 is 2.42 bits per heavy atom. The summed E-state index contributed by atoms with van der Waals surface area (Å²) < 4.78 is 50.7. The Balaban J connectivity index is 1.65. The van der Waals surface area contributed by atoms with Crippen LogP contribution in [-0.4, -0.2) is 49.0 Å². The van der Waals surface area contributed by atoms with Crippen molar-refractivity contribution < 1.29 is 22.3 Å². The Bertz CT molecular complexity index is 866. The van der Waals surface area contributed by atoms with E-state index in [1.165, 1.54) is 4.31 Å². The van der Waals surface area contributed by atoms with Crippen LogP contribution in [0, 0.1) is 12.7 Å². The van der Waals surface area contributed by atoms with E-state index in [4.69, 9.17) is 9.47 Å². The molecule has 2 aromatic rings. The number of benzene rings is 1. The van der Waals surface area contributed by atoms with Crippen LogP contribution in [0.3, 0.4) is 0 Å². The highest BCUT2D eigenvalue weighted by Gasteiger charge is 2.30. The largest absolute Gasteiger partial charge is 0.496 e. The fourth-order valence-electron chi connectivity index (χ4n) is 2.86. The van der Waals surface area contributed by atoms with Crippen molar-refractivity contribution >= 4 is 10.0 Å². The van der Waals surface area contributed by atoms with E-state index in [2.05, 4.69) is 9.97 Å². The van der Waals surface area contributed by atoms with Crippen molar-refractivity contribution in [2.45, 2.75) is 30.8 Å². The molecule has 7 nitrogen and oxygen atoms in total. The van der Waals surface area contributed by atoms with Crippen LogP contribution in [0.1, 0.15) is 18.4 Å². The van der Waals surface area contributed by atoms with Gasteiger partial charge >= 0.3 is 6.01 Å². The summed E-state index contributed by atoms with van der Waals surface area (Å²) in [6.07, 6.45) is 2.89. The van der Waals surface area contributed by atoms with E-state index in [1.54, 1.807) is 32.2 Å². The molecule has 0 saturated carbocycles. The first-order valence-corrected chi connectivity index (χ1v) is 9.63. The number of rotatable bonds is 5. The van der Waals surface area contributed by atoms with Crippen LogP contribution in [0.2, 0.25) is 0 Å². The number of ether oxygens (including phenoxy) is 2. The van der Waals surface area contributed by atoms with Crippen LogP contribution >= 0.6 is 0 Å². The Morgan fingerprint density at radius 2 is 1.85 bits per heavy atom. The third-order valence-electron chi connectivity index (χ3n) is 4.27. The molecule has 0 amide bonds. The fourth-order valence-corrected chi connectivity index (χ4v) is 4.42. The SMILES string of the molecule is COc1ccc(S(=O)(=O)N2CCC(Oc3ncc(F)cn3)CC2)cc1C. The molecule has 3 rings (SSSR count). The standard InChI is InChI=1S/C17H20FN3O4S/c1-12-9-15(3-4-16(12)24-2)26(22,23)21-7-5-14(6-8-21)25-17-19-10-13(18)11-20-17/h3-4,9-11,14H,5-8H2,1-2H3. The molecule has 2 heterocycles. The Kier molecular flexibility index (Phi) is 5.38. The zero-order valence-corrected chi connectivity index (χ0v) is 15.4. The minimum Gasteiger partial charge on any atom is -0.496 e. The first-order valence-electron chi connectivity index (χ1n) is 8.19. The molecule has 0 atom stereocenters. The second-order valence-corrected chi connectivity index (χ2v) is 7.97. The van der Waals surface area contributed by atoms with Gasteiger partial charge in [-0.1, -0.05) is 0 Å². The Hall–Kier alpha value is -2.26. The third-order valence-corrected chi connectivity index (χ3v) is 6.17. The number of methoxy groups -OCH3 is 1. The monoisotopic (exact) mass is 381 g/mol. The number of halogens is 1. The third kappa shape index (κ3) is 3.94. The van der Waals surface area contributed by atoms with Crippen molar-refractivity contribution in [3.63, 3.8) is 0 Å². The predicted molar refractivity (Wildman–Crippen MR) is 92.1 cm³/mol. The van der Waals surface area contributed by atoms with E-state index in [9.17, 15) is 12.8 Å². The Labute approximate surface area is 151 Å². The molecule has 9 heteroatoms. The first kappa shape index (κ1) is 18.5. The molecule has 1 aliphatic rings. The lowest BCUT2D eigenvalue weighted by molar-refractivity contribution is 0.124. The summed E-state index contributed by atoms with van der Waals surface area (Å²) in [4.78, 5) is 7.77. The van der Waals surface area contributed by atoms with Gasteiger partial charge in [-0.15, -0.1) is 0 Å². The molecule has 0 bridgehead atoms. The molecule has 1 aliphatic heterocycles. The molecule has 1 saturated heterocycles. The van der Waals surface area contributed by atoms with Crippen LogP contribution in [-0.2, 0) is 10.0 Å². The maximum Gasteiger partial charge on any atom is 0.316 e. The van der Waals surface area contributed by atoms with Gasteiger partial charge in [-0.25, -0.2) is 22.8 Å². The quantitative estimate of drug-likeness (QED) is 0.790. The van der Waals surface area contributed by atoms with Crippen molar-refractivity contribution in [1.29, 1.82) is 0 Å². The average molecular weight is 381 g/mol. The van der Waals surface area contributed by atoms with E-state index in [1.807, 2.05) is 0 Å². The number of aryl methyl sites for hydroxylation is 1. The summed E-state index contributed by atoms with van der Waals surface area (Å²) in [5.41, 5.74) is 0.764. The van der Waals surface area contributed by atoms with Crippen molar-refractivity contribution in [2.75, 3.05) is 20.2 Å². The molecular weight excluding hydrogens is 361 g/mol. The normalized spacial score (nSPS) is 16.4. The highest BCUT2D eigenvalue weighted by atomic mass is 32.2. The lowest BCUT2D eigenvalue weighted by Crippen LogP contribution is -2.41. The predicted octanol–water partition coefficient (Wildman–Crippen LogP) is 2.16. The molecule has 1 aromatic carbocycles. The van der Waals surface area contributed by atoms with E-state index in [-0.39, 0.29) is 17.0 Å². The van der Waals surface area contributed by atoms with Crippen LogP contribution in [0.5, 0.6) is 11.8 Å². The molecule has 0 spiro atoms. The molecule has 140 valence electrons. The highest BCUT2D eigenvalue weighted by molar-refractivity contribution is 7.89. The number of aromatic nitrogens is 2. The topological polar surface area (TPSA) is 81.6 Å². The minimum atomic E-state index is -3.57. The highest BCUT2D eigenvalue weighted by Crippen LogP contribution is 2.26. The minimum absolute atomic E-state index is 0.0958. The van der Waals surface area contributed by atoms with Gasteiger partial charge in [0.05, 0.1) is 24.4 Å². The van der Waals surface area contributed by atoms with Gasteiger partial charge in [-0.3, -0.25) is 0 Å². The van der Waals surface area contributed by atoms with Gasteiger partial charge < -0.3 is 9.47 Å². The average Bonchev–Trinajstić information content (AvgIpc) is 2.64. The lowest BCUT2D eigenvalue weighted by Gasteiger charge is -2.31. The fraction of sp³-hybridized carbons (Fsp3) is 0.412. The van der Waals surface area contributed by atoms with E-state index in [0.717, 1.165) is 18.0 Å². The maximum atomic E-state index is 12.8. The number of piperidine rings is 1.